The van der Waals surface area contributed by atoms with Gasteiger partial charge in [-0.1, -0.05) is 0 Å². The topological polar surface area (TPSA) is 0 Å². The van der Waals surface area contributed by atoms with Crippen molar-refractivity contribution in [3.05, 3.63) is 0 Å². The van der Waals surface area contributed by atoms with Crippen LogP contribution in [0.15, 0.2) is 0 Å². The molecule has 44 valence electrons. The maximum atomic E-state index is 0. The van der Waals surface area contributed by atoms with Gasteiger partial charge in [-0.2, -0.15) is 0 Å². The van der Waals surface area contributed by atoms with Gasteiger partial charge in [-0.15, -0.1) is 0 Å². The molecule has 0 aliphatic rings. The van der Waals surface area contributed by atoms with E-state index >= 15 is 0 Å². The van der Waals surface area contributed by atoms with Gasteiger partial charge in [0, 0.05) is 50.3 Å². The standard InChI is InChI=1S/Al.Ba.Co.Li.Mg.Mn.Na.Ni.9H/q;+2;;+1;+2;;+1;;;;;6*-1. The van der Waals surface area contributed by atoms with Gasteiger partial charge in [0.05, 0.1) is 0 Å². The first kappa shape index (κ1) is 65.8. The van der Waals surface area contributed by atoms with Gasteiger partial charge < -0.3 is 8.56 Å². The Bertz CT molecular complexity index is 37.8. The average molecular weight is 400 g/mol. The summed E-state index contributed by atoms with van der Waals surface area (Å²) in [4.78, 5) is 0. The van der Waals surface area contributed by atoms with Crippen LogP contribution in [-0.2, 0) is 50.3 Å². The predicted octanol–water partition coefficient (Wildman–Crippen LogP) is -7.27. The molecular formula is H9AlBaCoLiMgMnNaNi. The number of hydrogen-bond acceptors (Lipinski definition) is 0. The molecule has 8 heteroatoms. The Morgan fingerprint density at radius 2 is 1.12 bits per heavy atom. The summed E-state index contributed by atoms with van der Waals surface area (Å²) in [6.45, 7) is 0. The fraction of sp³-hybridized carbons (Fsp3) is 0. The quantitative estimate of drug-likeness (QED) is 0.355. The zero-order chi connectivity index (χ0) is 0. The zero-order valence-corrected chi connectivity index (χ0v) is 15.5. The van der Waals surface area contributed by atoms with E-state index in [9.17, 15) is 0 Å². The van der Waals surface area contributed by atoms with Crippen LogP contribution in [-0.4, -0.2) is 89.3 Å². The molecule has 0 atom stereocenters. The maximum Gasteiger partial charge on any atom is 2.00 e. The molecule has 0 heterocycles. The SMILES string of the molecule is [AlH3].[Ba+2].[Co].[H-].[H-].[H-].[H-].[H-].[H-].[Li+].[Mg+2].[Mn].[Na+].[Ni]. The molecule has 0 amide bonds. The van der Waals surface area contributed by atoms with Gasteiger partial charge in [-0.3, -0.25) is 0 Å². The van der Waals surface area contributed by atoms with Crippen molar-refractivity contribution in [2.45, 2.75) is 0 Å². The molecule has 0 fully saturated rings. The summed E-state index contributed by atoms with van der Waals surface area (Å²) >= 11 is 0. The van der Waals surface area contributed by atoms with Crippen molar-refractivity contribution >= 4 is 89.3 Å². The second-order valence-corrected chi connectivity index (χ2v) is 0. The maximum absolute atomic E-state index is 0. The van der Waals surface area contributed by atoms with Gasteiger partial charge in [-0.25, -0.2) is 0 Å². The molecule has 0 aromatic heterocycles. The second kappa shape index (κ2) is 52.1. The van der Waals surface area contributed by atoms with Crippen molar-refractivity contribution in [3.63, 3.8) is 0 Å². The first-order valence-corrected chi connectivity index (χ1v) is 0. The van der Waals surface area contributed by atoms with Crippen LogP contribution < -0.4 is 48.4 Å². The van der Waals surface area contributed by atoms with Crippen LogP contribution in [0.1, 0.15) is 8.56 Å². The minimum absolute atomic E-state index is 0. The Hall–Kier alpha value is 5.99. The van der Waals surface area contributed by atoms with Gasteiger partial charge in [0.1, 0.15) is 0 Å². The largest absolute Gasteiger partial charge is 2.00 e. The van der Waals surface area contributed by atoms with Crippen LogP contribution in [0.3, 0.4) is 0 Å². The zero-order valence-electron chi connectivity index (χ0n) is 10.4. The fourth-order valence-corrected chi connectivity index (χ4v) is 0. The molecule has 0 aromatic rings. The van der Waals surface area contributed by atoms with E-state index in [4.69, 9.17) is 0 Å². The van der Waals surface area contributed by atoms with E-state index in [1.807, 2.05) is 0 Å². The minimum Gasteiger partial charge on any atom is -1.00 e. The summed E-state index contributed by atoms with van der Waals surface area (Å²) in [5.41, 5.74) is 0. The van der Waals surface area contributed by atoms with Gasteiger partial charge >= 0.3 is 120 Å². The smallest absolute Gasteiger partial charge is 1.00 e. The molecule has 0 saturated carbocycles. The first-order chi connectivity index (χ1) is 0. The summed E-state index contributed by atoms with van der Waals surface area (Å²) in [5, 5.41) is 0. The van der Waals surface area contributed by atoms with Gasteiger partial charge in [0.2, 0.25) is 0 Å². The van der Waals surface area contributed by atoms with Gasteiger partial charge in [-0.05, 0) is 0 Å². The van der Waals surface area contributed by atoms with E-state index in [0.29, 0.717) is 0 Å². The molecule has 0 saturated heterocycles. The molecule has 0 N–H and O–H groups in total. The van der Waals surface area contributed by atoms with Crippen LogP contribution in [0.5, 0.6) is 0 Å². The molecule has 0 bridgehead atoms. The summed E-state index contributed by atoms with van der Waals surface area (Å²) in [6, 6.07) is 0. The van der Waals surface area contributed by atoms with Crippen molar-refractivity contribution in [2.24, 2.45) is 0 Å². The summed E-state index contributed by atoms with van der Waals surface area (Å²) in [7, 11) is 0. The summed E-state index contributed by atoms with van der Waals surface area (Å²) in [6.07, 6.45) is 0. The Balaban J connectivity index is 0. The van der Waals surface area contributed by atoms with Crippen molar-refractivity contribution in [1.82, 2.24) is 0 Å². The fourth-order valence-electron chi connectivity index (χ4n) is 0. The van der Waals surface area contributed by atoms with Crippen LogP contribution >= 0.6 is 0 Å². The third-order valence-electron chi connectivity index (χ3n) is 0. The van der Waals surface area contributed by atoms with Crippen LogP contribution in [0.25, 0.3) is 0 Å². The van der Waals surface area contributed by atoms with Gasteiger partial charge in [0.25, 0.3) is 0 Å². The predicted molar refractivity (Wildman–Crippen MR) is 28.1 cm³/mol. The van der Waals surface area contributed by atoms with Crippen molar-refractivity contribution in [1.29, 1.82) is 0 Å². The van der Waals surface area contributed by atoms with E-state index in [0.717, 1.165) is 0 Å². The summed E-state index contributed by atoms with van der Waals surface area (Å²) in [5.74, 6) is 0. The molecule has 0 rings (SSSR count). The minimum atomic E-state index is 0. The third kappa shape index (κ3) is 40.4. The molecule has 0 spiro atoms. The van der Waals surface area contributed by atoms with E-state index in [1.165, 1.54) is 0 Å². The molecule has 2 radical (unpaired) electrons. The summed E-state index contributed by atoms with van der Waals surface area (Å²) < 4.78 is 0. The number of hydrogen-bond donors (Lipinski definition) is 0. The van der Waals surface area contributed by atoms with E-state index in [2.05, 4.69) is 0 Å². The second-order valence-electron chi connectivity index (χ2n) is 0. The number of rotatable bonds is 0. The molecule has 0 aliphatic carbocycles. The third-order valence-corrected chi connectivity index (χ3v) is 0. The van der Waals surface area contributed by atoms with Crippen LogP contribution in [0, 0.1) is 0 Å². The Kier molecular flexibility index (Phi) is 428. The van der Waals surface area contributed by atoms with Crippen LogP contribution in [0.4, 0.5) is 0 Å². The van der Waals surface area contributed by atoms with Crippen LogP contribution in [0.2, 0.25) is 0 Å². The van der Waals surface area contributed by atoms with Gasteiger partial charge in [0.15, 0.2) is 17.4 Å². The molecule has 0 aromatic carbocycles. The van der Waals surface area contributed by atoms with Crippen molar-refractivity contribution < 1.29 is 107 Å². The van der Waals surface area contributed by atoms with E-state index in [-0.39, 0.29) is 197 Å². The van der Waals surface area contributed by atoms with Crippen molar-refractivity contribution in [3.8, 4) is 0 Å². The Morgan fingerprint density at radius 3 is 1.12 bits per heavy atom. The molecule has 0 unspecified atom stereocenters. The molecule has 0 nitrogen and oxygen atoms in total. The van der Waals surface area contributed by atoms with E-state index < -0.39 is 0 Å². The first-order valence-electron chi connectivity index (χ1n) is 0. The van der Waals surface area contributed by atoms with Crippen molar-refractivity contribution in [2.75, 3.05) is 0 Å². The monoisotopic (exact) mass is 400 g/mol. The molecule has 8 heavy (non-hydrogen) atoms. The molecule has 0 aliphatic heterocycles. The normalized spacial score (nSPS) is 0. The Labute approximate surface area is 192 Å². The molecular weight excluding hydrogens is 391 g/mol. The average Bonchev–Trinajstić information content (AvgIpc) is 0. The van der Waals surface area contributed by atoms with E-state index in [1.54, 1.807) is 0 Å². The Morgan fingerprint density at radius 1 is 1.12 bits per heavy atom.